The zero-order chi connectivity index (χ0) is 11.7. The van der Waals surface area contributed by atoms with Crippen LogP contribution in [0, 0.1) is 0 Å². The van der Waals surface area contributed by atoms with Crippen LogP contribution in [0.3, 0.4) is 0 Å². The van der Waals surface area contributed by atoms with E-state index in [0.717, 1.165) is 37.4 Å². The zero-order valence-electron chi connectivity index (χ0n) is 9.75. The molecule has 1 N–H and O–H groups in total. The molecule has 1 aromatic carbocycles. The largest absolute Gasteiger partial charge is 0.386 e. The first kappa shape index (κ1) is 11.0. The molecule has 0 saturated carbocycles. The molecule has 2 atom stereocenters. The molecule has 0 unspecified atom stereocenters. The highest BCUT2D eigenvalue weighted by atomic mass is 16.5. The second-order valence-electron chi connectivity index (χ2n) is 4.57. The molecule has 2 aliphatic rings. The maximum atomic E-state index is 10.4. The summed E-state index contributed by atoms with van der Waals surface area (Å²) in [7, 11) is 0. The van der Waals surface area contributed by atoms with Crippen molar-refractivity contribution in [2.45, 2.75) is 12.1 Å². The van der Waals surface area contributed by atoms with Crippen molar-refractivity contribution in [2.24, 2.45) is 0 Å². The van der Waals surface area contributed by atoms with Gasteiger partial charge in [-0.15, -0.1) is 0 Å². The van der Waals surface area contributed by atoms with Crippen LogP contribution in [-0.4, -0.2) is 42.4 Å². The van der Waals surface area contributed by atoms with E-state index in [2.05, 4.69) is 17.1 Å². The summed E-state index contributed by atoms with van der Waals surface area (Å²) in [6.45, 7) is 3.32. The number of aliphatic hydroxyl groups excluding tert-OH is 1. The molecule has 1 heterocycles. The number of fused-ring (bicyclic) bond motifs is 1. The molecular formula is C14H17NO2. The predicted octanol–water partition coefficient (Wildman–Crippen LogP) is 1.45. The molecular weight excluding hydrogens is 214 g/mol. The first-order chi connectivity index (χ1) is 8.36. The molecule has 90 valence electrons. The number of morpholine rings is 1. The quantitative estimate of drug-likeness (QED) is 0.794. The summed E-state index contributed by atoms with van der Waals surface area (Å²) in [4.78, 5) is 2.29. The minimum Gasteiger partial charge on any atom is -0.386 e. The Labute approximate surface area is 101 Å². The van der Waals surface area contributed by atoms with Crippen LogP contribution in [0.4, 0.5) is 0 Å². The maximum absolute atomic E-state index is 10.4. The number of rotatable bonds is 1. The summed E-state index contributed by atoms with van der Waals surface area (Å²) in [5.41, 5.74) is 2.16. The Hall–Kier alpha value is -1.16. The molecule has 0 amide bonds. The van der Waals surface area contributed by atoms with E-state index in [1.54, 1.807) is 0 Å². The van der Waals surface area contributed by atoms with Crippen molar-refractivity contribution in [3.63, 3.8) is 0 Å². The number of aliphatic hydroxyl groups is 1. The van der Waals surface area contributed by atoms with Crippen molar-refractivity contribution in [1.29, 1.82) is 0 Å². The van der Waals surface area contributed by atoms with Crippen molar-refractivity contribution in [3.8, 4) is 0 Å². The summed E-state index contributed by atoms with van der Waals surface area (Å²) < 4.78 is 5.35. The zero-order valence-corrected chi connectivity index (χ0v) is 9.75. The smallest absolute Gasteiger partial charge is 0.0986 e. The Morgan fingerprint density at radius 1 is 1.18 bits per heavy atom. The summed E-state index contributed by atoms with van der Waals surface area (Å²) >= 11 is 0. The fraction of sp³-hybridized carbons (Fsp3) is 0.429. The molecule has 3 heteroatoms. The fourth-order valence-electron chi connectivity index (χ4n) is 2.62. The lowest BCUT2D eigenvalue weighted by Gasteiger charge is -2.37. The molecule has 17 heavy (non-hydrogen) atoms. The van der Waals surface area contributed by atoms with Crippen LogP contribution >= 0.6 is 0 Å². The van der Waals surface area contributed by atoms with Gasteiger partial charge < -0.3 is 9.84 Å². The first-order valence-corrected chi connectivity index (χ1v) is 6.13. The normalized spacial score (nSPS) is 29.0. The summed E-state index contributed by atoms with van der Waals surface area (Å²) in [5.74, 6) is 0. The van der Waals surface area contributed by atoms with Gasteiger partial charge in [-0.1, -0.05) is 36.4 Å². The average molecular weight is 231 g/mol. The summed E-state index contributed by atoms with van der Waals surface area (Å²) in [6, 6.07) is 8.14. The van der Waals surface area contributed by atoms with Gasteiger partial charge in [0.15, 0.2) is 0 Å². The van der Waals surface area contributed by atoms with Crippen molar-refractivity contribution in [1.82, 2.24) is 4.90 Å². The maximum Gasteiger partial charge on any atom is 0.0986 e. The molecule has 0 bridgehead atoms. The lowest BCUT2D eigenvalue weighted by atomic mass is 9.90. The number of hydrogen-bond donors (Lipinski definition) is 1. The minimum atomic E-state index is -0.422. The fourth-order valence-corrected chi connectivity index (χ4v) is 2.62. The van der Waals surface area contributed by atoms with Crippen LogP contribution in [0.15, 0.2) is 30.3 Å². The van der Waals surface area contributed by atoms with E-state index in [1.807, 2.05) is 24.3 Å². The van der Waals surface area contributed by atoms with Crippen molar-refractivity contribution >= 4 is 6.08 Å². The van der Waals surface area contributed by atoms with Crippen LogP contribution in [0.5, 0.6) is 0 Å². The second kappa shape index (κ2) is 4.61. The van der Waals surface area contributed by atoms with E-state index < -0.39 is 6.10 Å². The number of nitrogens with zero attached hydrogens (tertiary/aromatic N) is 1. The third kappa shape index (κ3) is 2.02. The van der Waals surface area contributed by atoms with Crippen LogP contribution in [0.2, 0.25) is 0 Å². The number of ether oxygens (including phenoxy) is 1. The summed E-state index contributed by atoms with van der Waals surface area (Å²) in [6.07, 6.45) is 3.80. The van der Waals surface area contributed by atoms with Gasteiger partial charge in [-0.2, -0.15) is 0 Å². The van der Waals surface area contributed by atoms with E-state index in [4.69, 9.17) is 4.74 Å². The van der Waals surface area contributed by atoms with Crippen LogP contribution in [0.1, 0.15) is 17.2 Å². The molecule has 1 aliphatic carbocycles. The van der Waals surface area contributed by atoms with Crippen LogP contribution in [-0.2, 0) is 4.74 Å². The predicted molar refractivity (Wildman–Crippen MR) is 66.6 cm³/mol. The molecule has 0 spiro atoms. The second-order valence-corrected chi connectivity index (χ2v) is 4.57. The van der Waals surface area contributed by atoms with E-state index in [9.17, 15) is 5.11 Å². The van der Waals surface area contributed by atoms with Gasteiger partial charge in [-0.3, -0.25) is 4.90 Å². The molecule has 1 fully saturated rings. The average Bonchev–Trinajstić information content (AvgIpc) is 2.40. The molecule has 0 radical (unpaired) electrons. The molecule has 1 saturated heterocycles. The lowest BCUT2D eigenvalue weighted by Crippen LogP contribution is -2.46. The van der Waals surface area contributed by atoms with Crippen molar-refractivity contribution in [2.75, 3.05) is 26.3 Å². The van der Waals surface area contributed by atoms with E-state index >= 15 is 0 Å². The van der Waals surface area contributed by atoms with Gasteiger partial charge in [-0.25, -0.2) is 0 Å². The molecule has 0 aromatic heterocycles. The highest BCUT2D eigenvalue weighted by molar-refractivity contribution is 5.58. The number of hydrogen-bond acceptors (Lipinski definition) is 3. The molecule has 1 aliphatic heterocycles. The highest BCUT2D eigenvalue weighted by Crippen LogP contribution is 2.30. The minimum absolute atomic E-state index is 0.0915. The monoisotopic (exact) mass is 231 g/mol. The standard InChI is InChI=1S/C14H17NO2/c16-14-12-4-2-1-3-11(12)5-6-13(14)15-7-9-17-10-8-15/h1-6,13-14,16H,7-10H2/t13-,14-/m0/s1. The summed E-state index contributed by atoms with van der Waals surface area (Å²) in [5, 5.41) is 10.4. The van der Waals surface area contributed by atoms with Crippen LogP contribution in [0.25, 0.3) is 6.08 Å². The van der Waals surface area contributed by atoms with E-state index in [0.29, 0.717) is 0 Å². The van der Waals surface area contributed by atoms with Gasteiger partial charge in [0.2, 0.25) is 0 Å². The number of benzene rings is 1. The Bertz CT molecular complexity index is 424. The first-order valence-electron chi connectivity index (χ1n) is 6.13. The van der Waals surface area contributed by atoms with Gasteiger partial charge in [0.1, 0.15) is 0 Å². The highest BCUT2D eigenvalue weighted by Gasteiger charge is 2.29. The molecule has 3 rings (SSSR count). The van der Waals surface area contributed by atoms with Gasteiger partial charge in [0.05, 0.1) is 25.4 Å². The molecule has 1 aromatic rings. The molecule has 3 nitrogen and oxygen atoms in total. The van der Waals surface area contributed by atoms with Gasteiger partial charge in [0.25, 0.3) is 0 Å². The Morgan fingerprint density at radius 3 is 2.76 bits per heavy atom. The topological polar surface area (TPSA) is 32.7 Å². The third-order valence-corrected chi connectivity index (χ3v) is 3.58. The SMILES string of the molecule is O[C@H]1c2ccccc2C=C[C@@H]1N1CCOCC1. The van der Waals surface area contributed by atoms with E-state index in [-0.39, 0.29) is 6.04 Å². The third-order valence-electron chi connectivity index (χ3n) is 3.58. The van der Waals surface area contributed by atoms with Crippen LogP contribution < -0.4 is 0 Å². The lowest BCUT2D eigenvalue weighted by molar-refractivity contribution is -0.00815. The van der Waals surface area contributed by atoms with Gasteiger partial charge in [-0.05, 0) is 11.1 Å². The van der Waals surface area contributed by atoms with Crippen molar-refractivity contribution in [3.05, 3.63) is 41.5 Å². The van der Waals surface area contributed by atoms with Gasteiger partial charge in [0, 0.05) is 13.1 Å². The van der Waals surface area contributed by atoms with Crippen molar-refractivity contribution < 1.29 is 9.84 Å². The van der Waals surface area contributed by atoms with E-state index in [1.165, 1.54) is 0 Å². The van der Waals surface area contributed by atoms with Gasteiger partial charge >= 0.3 is 0 Å². The Morgan fingerprint density at radius 2 is 1.94 bits per heavy atom. The Kier molecular flexibility index (Phi) is 2.97. The Balaban J connectivity index is 1.85.